The molecule has 1 aromatic carbocycles. The second kappa shape index (κ2) is 5.76. The lowest BCUT2D eigenvalue weighted by molar-refractivity contribution is 0.623. The summed E-state index contributed by atoms with van der Waals surface area (Å²) in [6, 6.07) is 8.63. The fraction of sp³-hybridized carbons (Fsp3) is 0.280. The van der Waals surface area contributed by atoms with Gasteiger partial charge in [0.15, 0.2) is 0 Å². The predicted molar refractivity (Wildman–Crippen MR) is 116 cm³/mol. The van der Waals surface area contributed by atoms with Gasteiger partial charge in [0.2, 0.25) is 0 Å². The highest BCUT2D eigenvalue weighted by Gasteiger charge is 2.38. The molecule has 0 aliphatic heterocycles. The summed E-state index contributed by atoms with van der Waals surface area (Å²) in [7, 11) is 0. The van der Waals surface area contributed by atoms with Crippen LogP contribution in [0.2, 0.25) is 0 Å². The van der Waals surface area contributed by atoms with Gasteiger partial charge < -0.3 is 0 Å². The minimum absolute atomic E-state index is 0.0926. The maximum absolute atomic E-state index is 5.04. The number of fused-ring (bicyclic) bond motifs is 2. The highest BCUT2D eigenvalue weighted by atomic mass is 32.1. The normalized spacial score (nSPS) is 31.3. The minimum Gasteiger partial charge on any atom is -0.163 e. The number of thiol groups is 1. The van der Waals surface area contributed by atoms with Crippen molar-refractivity contribution in [1.82, 2.24) is 0 Å². The summed E-state index contributed by atoms with van der Waals surface area (Å²) in [5.74, 6) is 0. The van der Waals surface area contributed by atoms with Gasteiger partial charge >= 0.3 is 0 Å². The molecular weight excluding hydrogens is 332 g/mol. The fourth-order valence-electron chi connectivity index (χ4n) is 4.06. The van der Waals surface area contributed by atoms with Crippen LogP contribution < -0.4 is 0 Å². The van der Waals surface area contributed by atoms with Crippen molar-refractivity contribution in [3.05, 3.63) is 101 Å². The first-order chi connectivity index (χ1) is 12.2. The van der Waals surface area contributed by atoms with Crippen LogP contribution >= 0.6 is 12.6 Å². The van der Waals surface area contributed by atoms with E-state index in [2.05, 4.69) is 107 Å². The molecule has 0 fully saturated rings. The number of hydrogen-bond acceptors (Lipinski definition) is 1. The van der Waals surface area contributed by atoms with E-state index in [0.29, 0.717) is 0 Å². The highest BCUT2D eigenvalue weighted by Crippen LogP contribution is 2.52. The minimum atomic E-state index is -0.256. The molecule has 0 heterocycles. The number of benzene rings is 1. The van der Waals surface area contributed by atoms with Crippen LogP contribution in [-0.2, 0) is 4.75 Å². The van der Waals surface area contributed by atoms with Crippen LogP contribution in [-0.4, -0.2) is 0 Å². The number of hydrogen-bond donors (Lipinski definition) is 1. The maximum Gasteiger partial charge on any atom is 0.0610 e. The van der Waals surface area contributed by atoms with E-state index in [4.69, 9.17) is 12.6 Å². The molecule has 2 unspecified atom stereocenters. The third kappa shape index (κ3) is 2.70. The zero-order valence-corrected chi connectivity index (χ0v) is 16.8. The summed E-state index contributed by atoms with van der Waals surface area (Å²) in [4.78, 5) is 0. The molecular formula is C25H26S. The molecule has 0 bridgehead atoms. The van der Waals surface area contributed by atoms with E-state index >= 15 is 0 Å². The van der Waals surface area contributed by atoms with Gasteiger partial charge in [-0.05, 0) is 41.7 Å². The van der Waals surface area contributed by atoms with Crippen LogP contribution in [0.4, 0.5) is 0 Å². The van der Waals surface area contributed by atoms with Crippen molar-refractivity contribution in [2.45, 2.75) is 32.4 Å². The molecule has 3 aliphatic carbocycles. The molecule has 0 amide bonds. The second-order valence-corrected chi connectivity index (χ2v) is 9.42. The largest absolute Gasteiger partial charge is 0.163 e. The first-order valence-corrected chi connectivity index (χ1v) is 9.72. The third-order valence-corrected chi connectivity index (χ3v) is 6.35. The standard InChI is InChI=1S/C25H26S/c1-23(2)14-7-8-18(11-15-23)24(3)16-12-20-19-9-5-6-10-21(19)25(4,26)22(20)13-17-24/h5-17,26H,1-4H3. The Labute approximate surface area is 162 Å². The van der Waals surface area contributed by atoms with Crippen LogP contribution in [0.1, 0.15) is 38.8 Å². The van der Waals surface area contributed by atoms with Gasteiger partial charge in [0.25, 0.3) is 0 Å². The molecule has 3 aliphatic rings. The van der Waals surface area contributed by atoms with Gasteiger partial charge in [-0.1, -0.05) is 92.8 Å². The van der Waals surface area contributed by atoms with Crippen LogP contribution in [0.15, 0.2) is 90.1 Å². The first-order valence-electron chi connectivity index (χ1n) is 9.28. The molecule has 1 heteroatoms. The molecule has 2 atom stereocenters. The summed E-state index contributed by atoms with van der Waals surface area (Å²) < 4.78 is -0.256. The molecule has 1 aromatic rings. The molecule has 0 spiro atoms. The van der Waals surface area contributed by atoms with E-state index in [-0.39, 0.29) is 15.6 Å². The Hall–Kier alpha value is -1.99. The zero-order chi connectivity index (χ0) is 18.6. The van der Waals surface area contributed by atoms with Crippen molar-refractivity contribution in [2.75, 3.05) is 0 Å². The summed E-state index contributed by atoms with van der Waals surface area (Å²) in [5, 5.41) is 0. The van der Waals surface area contributed by atoms with E-state index in [1.54, 1.807) is 0 Å². The van der Waals surface area contributed by atoms with Gasteiger partial charge in [0.1, 0.15) is 0 Å². The second-order valence-electron chi connectivity index (χ2n) is 8.53. The first kappa shape index (κ1) is 17.4. The lowest BCUT2D eigenvalue weighted by Gasteiger charge is -2.25. The van der Waals surface area contributed by atoms with Crippen molar-refractivity contribution in [3.63, 3.8) is 0 Å². The van der Waals surface area contributed by atoms with Crippen LogP contribution in [0.3, 0.4) is 0 Å². The topological polar surface area (TPSA) is 0 Å². The monoisotopic (exact) mass is 358 g/mol. The summed E-state index contributed by atoms with van der Waals surface area (Å²) in [5.41, 5.74) is 6.45. The Bertz CT molecular complexity index is 944. The molecule has 0 aromatic heterocycles. The van der Waals surface area contributed by atoms with Gasteiger partial charge in [-0.2, -0.15) is 12.6 Å². The molecule has 0 saturated heterocycles. The molecule has 0 nitrogen and oxygen atoms in total. The van der Waals surface area contributed by atoms with Gasteiger partial charge in [0.05, 0.1) is 4.75 Å². The molecule has 0 radical (unpaired) electrons. The maximum atomic E-state index is 5.04. The summed E-state index contributed by atoms with van der Waals surface area (Å²) >= 11 is 5.04. The SMILES string of the molecule is CC1(C)C=CC=C(C2(C)C=CC3=C(C=C2)C(C)(S)c2ccccc23)C=C1. The number of rotatable bonds is 1. The van der Waals surface area contributed by atoms with Crippen molar-refractivity contribution in [3.8, 4) is 0 Å². The van der Waals surface area contributed by atoms with E-state index in [9.17, 15) is 0 Å². The number of allylic oxidation sites excluding steroid dienone is 11. The molecule has 0 saturated carbocycles. The quantitative estimate of drug-likeness (QED) is 0.524. The zero-order valence-electron chi connectivity index (χ0n) is 16.0. The van der Waals surface area contributed by atoms with E-state index in [0.717, 1.165) is 0 Å². The Morgan fingerprint density at radius 3 is 2.35 bits per heavy atom. The smallest absolute Gasteiger partial charge is 0.0610 e. The lowest BCUT2D eigenvalue weighted by atomic mass is 9.80. The van der Waals surface area contributed by atoms with E-state index < -0.39 is 0 Å². The summed E-state index contributed by atoms with van der Waals surface area (Å²) in [6.07, 6.45) is 20.5. The average Bonchev–Trinajstić information content (AvgIpc) is 2.77. The van der Waals surface area contributed by atoms with Crippen LogP contribution in [0, 0.1) is 10.8 Å². The highest BCUT2D eigenvalue weighted by molar-refractivity contribution is 7.81. The van der Waals surface area contributed by atoms with Crippen molar-refractivity contribution in [2.24, 2.45) is 10.8 Å². The van der Waals surface area contributed by atoms with Gasteiger partial charge in [-0.15, -0.1) is 0 Å². The fourth-order valence-corrected chi connectivity index (χ4v) is 4.45. The Kier molecular flexibility index (Phi) is 3.86. The van der Waals surface area contributed by atoms with Crippen molar-refractivity contribution >= 4 is 18.2 Å². The average molecular weight is 359 g/mol. The van der Waals surface area contributed by atoms with Crippen LogP contribution in [0.25, 0.3) is 5.57 Å². The van der Waals surface area contributed by atoms with E-state index in [1.807, 2.05) is 0 Å². The lowest BCUT2D eigenvalue weighted by Crippen LogP contribution is -2.15. The predicted octanol–water partition coefficient (Wildman–Crippen LogP) is 6.81. The van der Waals surface area contributed by atoms with Gasteiger partial charge in [0, 0.05) is 10.8 Å². The molecule has 4 rings (SSSR count). The molecule has 26 heavy (non-hydrogen) atoms. The van der Waals surface area contributed by atoms with Gasteiger partial charge in [-0.3, -0.25) is 0 Å². The van der Waals surface area contributed by atoms with E-state index in [1.165, 1.54) is 27.8 Å². The van der Waals surface area contributed by atoms with Gasteiger partial charge in [-0.25, -0.2) is 0 Å². The van der Waals surface area contributed by atoms with Crippen molar-refractivity contribution in [1.29, 1.82) is 0 Å². The third-order valence-electron chi connectivity index (χ3n) is 5.86. The van der Waals surface area contributed by atoms with Crippen molar-refractivity contribution < 1.29 is 0 Å². The Morgan fingerprint density at radius 1 is 0.808 bits per heavy atom. The molecule has 0 N–H and O–H groups in total. The molecule has 132 valence electrons. The Morgan fingerprint density at radius 2 is 1.54 bits per heavy atom. The van der Waals surface area contributed by atoms with Crippen LogP contribution in [0.5, 0.6) is 0 Å². The Balaban J connectivity index is 1.78. The summed E-state index contributed by atoms with van der Waals surface area (Å²) in [6.45, 7) is 8.95.